The minimum Gasteiger partial charge on any atom is -0.378 e. The van der Waals surface area contributed by atoms with Gasteiger partial charge in [-0.3, -0.25) is 4.79 Å². The number of ketones is 1. The number of halogens is 1. The van der Waals surface area contributed by atoms with Crippen LogP contribution in [0.25, 0.3) is 0 Å². The number of carbonyl (C=O) groups is 1. The molecule has 0 saturated carbocycles. The molecule has 0 heterocycles. The monoisotopic (exact) mass is 316 g/mol. The third-order valence-corrected chi connectivity index (χ3v) is 3.48. The second-order valence-corrected chi connectivity index (χ2v) is 5.52. The van der Waals surface area contributed by atoms with Crippen molar-refractivity contribution in [2.45, 2.75) is 26.8 Å². The van der Waals surface area contributed by atoms with Crippen LogP contribution in [0, 0.1) is 5.41 Å². The number of carbonyl (C=O) groups excluding carboxylic acids is 1. The van der Waals surface area contributed by atoms with E-state index in [2.05, 4.69) is 11.9 Å². The second-order valence-electron chi connectivity index (χ2n) is 4.95. The van der Waals surface area contributed by atoms with Crippen LogP contribution >= 0.6 is 11.6 Å². The summed E-state index contributed by atoms with van der Waals surface area (Å²) in [5, 5.41) is 11.5. The SMILES string of the molecule is C=C/C=C\C(=C(/C)Cl)C(C)Nc1ccc(C(C)=O)cc1C=N. The predicted octanol–water partition coefficient (Wildman–Crippen LogP) is 4.94. The first-order valence-corrected chi connectivity index (χ1v) is 7.35. The fourth-order valence-electron chi connectivity index (χ4n) is 2.07. The van der Waals surface area contributed by atoms with Crippen LogP contribution in [-0.2, 0) is 0 Å². The molecule has 0 saturated heterocycles. The van der Waals surface area contributed by atoms with E-state index in [-0.39, 0.29) is 11.8 Å². The highest BCUT2D eigenvalue weighted by atomic mass is 35.5. The van der Waals surface area contributed by atoms with E-state index in [0.29, 0.717) is 16.2 Å². The van der Waals surface area contributed by atoms with Crippen LogP contribution in [0.3, 0.4) is 0 Å². The molecule has 0 fully saturated rings. The number of rotatable bonds is 7. The summed E-state index contributed by atoms with van der Waals surface area (Å²) in [5.74, 6) is -0.0196. The fourth-order valence-corrected chi connectivity index (χ4v) is 2.30. The molecule has 0 radical (unpaired) electrons. The molecule has 0 spiro atoms. The minimum atomic E-state index is -0.0458. The Morgan fingerprint density at radius 1 is 1.41 bits per heavy atom. The first-order valence-electron chi connectivity index (χ1n) is 6.98. The van der Waals surface area contributed by atoms with Crippen molar-refractivity contribution in [3.05, 3.63) is 64.7 Å². The standard InChI is InChI=1S/C18H21ClN2O/c1-5-6-7-17(12(2)19)13(3)21-18-9-8-15(14(4)22)10-16(18)11-20/h5-11,13,20-21H,1H2,2-4H3/b7-6-,17-12-,20-11?. The van der Waals surface area contributed by atoms with E-state index in [1.165, 1.54) is 13.1 Å². The maximum Gasteiger partial charge on any atom is 0.159 e. The molecular weight excluding hydrogens is 296 g/mol. The smallest absolute Gasteiger partial charge is 0.159 e. The van der Waals surface area contributed by atoms with Crippen LogP contribution < -0.4 is 5.32 Å². The van der Waals surface area contributed by atoms with Gasteiger partial charge in [0.25, 0.3) is 0 Å². The maximum atomic E-state index is 11.4. The molecule has 0 aliphatic carbocycles. The van der Waals surface area contributed by atoms with Gasteiger partial charge in [-0.05, 0) is 44.5 Å². The zero-order chi connectivity index (χ0) is 16.7. The second kappa shape index (κ2) is 8.35. The Hall–Kier alpha value is -2.13. The lowest BCUT2D eigenvalue weighted by Crippen LogP contribution is -2.19. The molecule has 0 aliphatic rings. The van der Waals surface area contributed by atoms with E-state index in [1.54, 1.807) is 18.2 Å². The summed E-state index contributed by atoms with van der Waals surface area (Å²) in [7, 11) is 0. The van der Waals surface area contributed by atoms with Crippen molar-refractivity contribution in [2.24, 2.45) is 0 Å². The van der Waals surface area contributed by atoms with Crippen molar-refractivity contribution in [2.75, 3.05) is 5.32 Å². The van der Waals surface area contributed by atoms with Gasteiger partial charge in [-0.15, -0.1) is 0 Å². The summed E-state index contributed by atoms with van der Waals surface area (Å²) < 4.78 is 0. The lowest BCUT2D eigenvalue weighted by molar-refractivity contribution is 0.101. The van der Waals surface area contributed by atoms with E-state index >= 15 is 0 Å². The first-order chi connectivity index (χ1) is 10.4. The third-order valence-electron chi connectivity index (χ3n) is 3.26. The van der Waals surface area contributed by atoms with E-state index in [0.717, 1.165) is 11.3 Å². The van der Waals surface area contributed by atoms with Crippen LogP contribution in [0.1, 0.15) is 36.7 Å². The van der Waals surface area contributed by atoms with Gasteiger partial charge in [0.1, 0.15) is 0 Å². The predicted molar refractivity (Wildman–Crippen MR) is 95.3 cm³/mol. The van der Waals surface area contributed by atoms with Crippen LogP contribution in [0.2, 0.25) is 0 Å². The molecule has 0 amide bonds. The molecule has 1 aromatic carbocycles. The van der Waals surface area contributed by atoms with Crippen LogP contribution in [0.15, 0.2) is 53.6 Å². The Morgan fingerprint density at radius 3 is 2.59 bits per heavy atom. The molecule has 0 aliphatic heterocycles. The van der Waals surface area contributed by atoms with Crippen molar-refractivity contribution in [3.63, 3.8) is 0 Å². The Kier molecular flexibility index (Phi) is 6.80. The van der Waals surface area contributed by atoms with E-state index < -0.39 is 0 Å². The van der Waals surface area contributed by atoms with E-state index in [9.17, 15) is 4.79 Å². The van der Waals surface area contributed by atoms with Gasteiger partial charge < -0.3 is 10.7 Å². The summed E-state index contributed by atoms with van der Waals surface area (Å²) in [6, 6.07) is 5.23. The van der Waals surface area contributed by atoms with Crippen LogP contribution in [0.4, 0.5) is 5.69 Å². The zero-order valence-electron chi connectivity index (χ0n) is 13.1. The fraction of sp³-hybridized carbons (Fsp3) is 0.222. The number of allylic oxidation sites excluding steroid dienone is 3. The van der Waals surface area contributed by atoms with Gasteiger partial charge in [0.05, 0.1) is 0 Å². The maximum absolute atomic E-state index is 11.4. The summed E-state index contributed by atoms with van der Waals surface area (Å²) in [6.45, 7) is 8.98. The summed E-state index contributed by atoms with van der Waals surface area (Å²) in [5.41, 5.74) is 2.98. The highest BCUT2D eigenvalue weighted by Crippen LogP contribution is 2.22. The number of benzene rings is 1. The molecule has 116 valence electrons. The average Bonchev–Trinajstić information content (AvgIpc) is 2.47. The lowest BCUT2D eigenvalue weighted by atomic mass is 10.0. The van der Waals surface area contributed by atoms with E-state index in [1.807, 2.05) is 32.1 Å². The Morgan fingerprint density at radius 2 is 2.09 bits per heavy atom. The molecule has 4 heteroatoms. The molecule has 3 nitrogen and oxygen atoms in total. The van der Waals surface area contributed by atoms with Crippen molar-refractivity contribution in [1.82, 2.24) is 0 Å². The normalized spacial score (nSPS) is 13.5. The number of hydrogen-bond acceptors (Lipinski definition) is 3. The topological polar surface area (TPSA) is 53.0 Å². The molecule has 1 aromatic rings. The highest BCUT2D eigenvalue weighted by molar-refractivity contribution is 6.29. The Balaban J connectivity index is 3.10. The average molecular weight is 317 g/mol. The van der Waals surface area contributed by atoms with Crippen molar-refractivity contribution < 1.29 is 4.79 Å². The van der Waals surface area contributed by atoms with Gasteiger partial charge >= 0.3 is 0 Å². The van der Waals surface area contributed by atoms with Gasteiger partial charge in [-0.2, -0.15) is 0 Å². The summed E-state index contributed by atoms with van der Waals surface area (Å²) >= 11 is 6.15. The third kappa shape index (κ3) is 4.71. The number of Topliss-reactive ketones (excluding diaryl/α,β-unsaturated/α-hetero) is 1. The quantitative estimate of drug-likeness (QED) is 0.425. The van der Waals surface area contributed by atoms with Gasteiger partial charge in [0, 0.05) is 34.1 Å². The molecule has 22 heavy (non-hydrogen) atoms. The molecule has 1 unspecified atom stereocenters. The van der Waals surface area contributed by atoms with Crippen molar-refractivity contribution in [1.29, 1.82) is 5.41 Å². The molecule has 1 rings (SSSR count). The van der Waals surface area contributed by atoms with Crippen molar-refractivity contribution >= 4 is 29.3 Å². The lowest BCUT2D eigenvalue weighted by Gasteiger charge is -2.19. The molecular formula is C18H21ClN2O. The Labute approximate surface area is 136 Å². The number of hydrogen-bond donors (Lipinski definition) is 2. The van der Waals surface area contributed by atoms with Crippen LogP contribution in [-0.4, -0.2) is 18.0 Å². The number of nitrogens with one attached hydrogen (secondary N) is 2. The first kappa shape index (κ1) is 17.9. The largest absolute Gasteiger partial charge is 0.378 e. The van der Waals surface area contributed by atoms with Gasteiger partial charge in [0.15, 0.2) is 5.78 Å². The molecule has 0 aromatic heterocycles. The molecule has 1 atom stereocenters. The van der Waals surface area contributed by atoms with Crippen LogP contribution in [0.5, 0.6) is 0 Å². The van der Waals surface area contributed by atoms with Crippen molar-refractivity contribution in [3.8, 4) is 0 Å². The molecule has 2 N–H and O–H groups in total. The van der Waals surface area contributed by atoms with Gasteiger partial charge in [-0.1, -0.05) is 36.4 Å². The van der Waals surface area contributed by atoms with Gasteiger partial charge in [-0.25, -0.2) is 0 Å². The van der Waals surface area contributed by atoms with E-state index in [4.69, 9.17) is 17.0 Å². The minimum absolute atomic E-state index is 0.0196. The highest BCUT2D eigenvalue weighted by Gasteiger charge is 2.11. The zero-order valence-corrected chi connectivity index (χ0v) is 13.9. The Bertz CT molecular complexity index is 640. The van der Waals surface area contributed by atoms with Gasteiger partial charge in [0.2, 0.25) is 0 Å². The number of anilines is 1. The summed E-state index contributed by atoms with van der Waals surface area (Å²) in [6.07, 6.45) is 6.66. The summed E-state index contributed by atoms with van der Waals surface area (Å²) in [4.78, 5) is 11.4. The molecule has 0 bridgehead atoms.